The highest BCUT2D eigenvalue weighted by molar-refractivity contribution is 5.96. The number of fused-ring (bicyclic) bond motifs is 10. The molecular weight excluding hydrogens is 741 g/mol. The summed E-state index contributed by atoms with van der Waals surface area (Å²) in [6.45, 7) is 0. The summed E-state index contributed by atoms with van der Waals surface area (Å²) in [6, 6.07) is 73.9. The molecule has 0 radical (unpaired) electrons. The summed E-state index contributed by atoms with van der Waals surface area (Å²) in [4.78, 5) is 19.2. The summed E-state index contributed by atoms with van der Waals surface area (Å²) in [5.74, 6) is 1.90. The van der Waals surface area contributed by atoms with E-state index in [0.717, 1.165) is 38.9 Å². The molecule has 0 aliphatic heterocycles. The Hall–Kier alpha value is -8.08. The number of aromatic nitrogens is 4. The van der Waals surface area contributed by atoms with Gasteiger partial charge in [-0.25, -0.2) is 15.0 Å². The fourth-order valence-corrected chi connectivity index (χ4v) is 9.64. The first-order valence-corrected chi connectivity index (χ1v) is 20.7. The van der Waals surface area contributed by atoms with Crippen LogP contribution < -0.4 is 0 Å². The molecule has 2 heterocycles. The molecule has 8 aromatic carbocycles. The molecule has 4 heteroatoms. The van der Waals surface area contributed by atoms with Gasteiger partial charge in [-0.3, -0.25) is 4.98 Å². The van der Waals surface area contributed by atoms with Crippen molar-refractivity contribution < 1.29 is 0 Å². The van der Waals surface area contributed by atoms with Crippen LogP contribution in [-0.4, -0.2) is 19.9 Å². The summed E-state index contributed by atoms with van der Waals surface area (Å²) in [6.07, 6.45) is 3.66. The maximum atomic E-state index is 5.00. The van der Waals surface area contributed by atoms with Crippen LogP contribution in [0.3, 0.4) is 0 Å². The fraction of sp³-hybridized carbons (Fsp3) is 0.0175. The van der Waals surface area contributed by atoms with Crippen LogP contribution in [0.1, 0.15) is 22.3 Å². The Bertz CT molecular complexity index is 3200. The predicted molar refractivity (Wildman–Crippen MR) is 247 cm³/mol. The molecule has 0 bridgehead atoms. The predicted octanol–water partition coefficient (Wildman–Crippen LogP) is 13.6. The molecule has 0 unspecified atom stereocenters. The third-order valence-corrected chi connectivity index (χ3v) is 12.5. The van der Waals surface area contributed by atoms with Crippen LogP contribution in [0.25, 0.3) is 89.8 Å². The van der Waals surface area contributed by atoms with E-state index >= 15 is 0 Å². The van der Waals surface area contributed by atoms with Gasteiger partial charge >= 0.3 is 0 Å². The molecule has 0 atom stereocenters. The van der Waals surface area contributed by atoms with E-state index in [2.05, 4.69) is 175 Å². The fourth-order valence-electron chi connectivity index (χ4n) is 9.64. The van der Waals surface area contributed by atoms with Crippen molar-refractivity contribution in [3.63, 3.8) is 0 Å². The van der Waals surface area contributed by atoms with E-state index in [-0.39, 0.29) is 5.41 Å². The lowest BCUT2D eigenvalue weighted by molar-refractivity contribution is 0.794. The van der Waals surface area contributed by atoms with Crippen molar-refractivity contribution in [3.8, 4) is 89.8 Å². The van der Waals surface area contributed by atoms with Crippen LogP contribution in [-0.2, 0) is 5.41 Å². The number of hydrogen-bond donors (Lipinski definition) is 0. The topological polar surface area (TPSA) is 51.6 Å². The molecular formula is C57H36N4. The zero-order chi connectivity index (χ0) is 40.3. The van der Waals surface area contributed by atoms with Gasteiger partial charge in [0.2, 0.25) is 0 Å². The van der Waals surface area contributed by atoms with E-state index in [0.29, 0.717) is 17.5 Å². The van der Waals surface area contributed by atoms with Gasteiger partial charge in [0, 0.05) is 29.1 Å². The first-order valence-electron chi connectivity index (χ1n) is 20.7. The van der Waals surface area contributed by atoms with Crippen molar-refractivity contribution in [1.29, 1.82) is 0 Å². The highest BCUT2D eigenvalue weighted by Crippen LogP contribution is 2.63. The van der Waals surface area contributed by atoms with Crippen LogP contribution in [0.2, 0.25) is 0 Å². The summed E-state index contributed by atoms with van der Waals surface area (Å²) in [5, 5.41) is 0. The second-order valence-corrected chi connectivity index (χ2v) is 15.8. The Morgan fingerprint density at radius 2 is 0.623 bits per heavy atom. The maximum Gasteiger partial charge on any atom is 0.164 e. The Morgan fingerprint density at radius 1 is 0.262 bits per heavy atom. The van der Waals surface area contributed by atoms with Crippen molar-refractivity contribution in [2.75, 3.05) is 0 Å². The highest BCUT2D eigenvalue weighted by atomic mass is 15.0. The molecule has 61 heavy (non-hydrogen) atoms. The van der Waals surface area contributed by atoms with Crippen molar-refractivity contribution >= 4 is 0 Å². The quantitative estimate of drug-likeness (QED) is 0.169. The van der Waals surface area contributed by atoms with Crippen LogP contribution in [0.15, 0.2) is 219 Å². The number of nitrogens with zero attached hydrogens (tertiary/aromatic N) is 4. The zero-order valence-corrected chi connectivity index (χ0v) is 33.1. The monoisotopic (exact) mass is 776 g/mol. The lowest BCUT2D eigenvalue weighted by Crippen LogP contribution is -2.25. The minimum Gasteiger partial charge on any atom is -0.264 e. The smallest absolute Gasteiger partial charge is 0.164 e. The summed E-state index contributed by atoms with van der Waals surface area (Å²) in [7, 11) is 0. The second-order valence-electron chi connectivity index (χ2n) is 15.8. The highest BCUT2D eigenvalue weighted by Gasteiger charge is 2.51. The number of rotatable bonds is 6. The Labute approximate surface area is 354 Å². The van der Waals surface area contributed by atoms with Gasteiger partial charge in [-0.15, -0.1) is 0 Å². The second kappa shape index (κ2) is 14.0. The Kier molecular flexibility index (Phi) is 8.04. The van der Waals surface area contributed by atoms with Gasteiger partial charge < -0.3 is 0 Å². The van der Waals surface area contributed by atoms with E-state index in [1.165, 1.54) is 55.6 Å². The van der Waals surface area contributed by atoms with Crippen LogP contribution in [0.4, 0.5) is 0 Å². The summed E-state index contributed by atoms with van der Waals surface area (Å²) < 4.78 is 0. The summed E-state index contributed by atoms with van der Waals surface area (Å²) >= 11 is 0. The minimum atomic E-state index is -0.358. The number of pyridine rings is 1. The SMILES string of the molecule is c1ccc(-c2nc(-c3ccc(-c4ccc(-c5ccc6c(c5)C5(c7ccccc7-c7ccccc75)c5ccccc5-6)cc4)cc3)nc(-c3ccc(-c4cccnc4)cc3)n2)cc1. The van der Waals surface area contributed by atoms with Gasteiger partial charge in [-0.1, -0.05) is 194 Å². The Balaban J connectivity index is 0.875. The van der Waals surface area contributed by atoms with E-state index in [1.54, 1.807) is 6.20 Å². The first-order chi connectivity index (χ1) is 30.2. The largest absolute Gasteiger partial charge is 0.264 e. The van der Waals surface area contributed by atoms with E-state index in [4.69, 9.17) is 15.0 Å². The van der Waals surface area contributed by atoms with Gasteiger partial charge in [0.1, 0.15) is 0 Å². The molecule has 0 saturated heterocycles. The molecule has 2 aliphatic carbocycles. The first kappa shape index (κ1) is 34.9. The lowest BCUT2D eigenvalue weighted by Gasteiger charge is -2.30. The van der Waals surface area contributed by atoms with Gasteiger partial charge in [0.25, 0.3) is 0 Å². The van der Waals surface area contributed by atoms with E-state index < -0.39 is 0 Å². The average molecular weight is 777 g/mol. The Morgan fingerprint density at radius 3 is 1.10 bits per heavy atom. The molecule has 0 amide bonds. The third kappa shape index (κ3) is 5.61. The third-order valence-electron chi connectivity index (χ3n) is 12.5. The molecule has 2 aliphatic rings. The lowest BCUT2D eigenvalue weighted by atomic mass is 9.70. The normalized spacial score (nSPS) is 12.7. The zero-order valence-electron chi connectivity index (χ0n) is 33.1. The van der Waals surface area contributed by atoms with Gasteiger partial charge in [0.05, 0.1) is 5.41 Å². The van der Waals surface area contributed by atoms with Gasteiger partial charge in [-0.2, -0.15) is 0 Å². The molecule has 2 aromatic heterocycles. The van der Waals surface area contributed by atoms with Gasteiger partial charge in [-0.05, 0) is 90.0 Å². The standard InChI is InChI=1S/C57H36N4/c1-2-11-41(12-3-1)54-59-55(61-56(60-54)43-30-26-40(27-31-43)45-13-10-34-58-36-45)42-28-24-38(25-29-42)37-20-22-39(23-21-37)44-32-33-49-48-16-6-9-19-52(48)57(53(49)35-44)50-17-7-4-14-46(50)47-15-5-8-18-51(47)57/h1-36H. The summed E-state index contributed by atoms with van der Waals surface area (Å²) in [5.41, 5.74) is 19.9. The molecule has 10 aromatic rings. The molecule has 0 saturated carbocycles. The van der Waals surface area contributed by atoms with E-state index in [9.17, 15) is 0 Å². The van der Waals surface area contributed by atoms with Crippen LogP contribution >= 0.6 is 0 Å². The molecule has 284 valence electrons. The van der Waals surface area contributed by atoms with Gasteiger partial charge in [0.15, 0.2) is 17.5 Å². The molecule has 0 fully saturated rings. The van der Waals surface area contributed by atoms with Crippen LogP contribution in [0.5, 0.6) is 0 Å². The molecule has 4 nitrogen and oxygen atoms in total. The maximum absolute atomic E-state index is 5.00. The average Bonchev–Trinajstić information content (AvgIpc) is 3.82. The van der Waals surface area contributed by atoms with Crippen molar-refractivity contribution in [3.05, 3.63) is 241 Å². The molecule has 0 N–H and O–H groups in total. The van der Waals surface area contributed by atoms with Crippen molar-refractivity contribution in [2.45, 2.75) is 5.41 Å². The number of benzene rings is 8. The molecule has 1 spiro atoms. The molecule has 12 rings (SSSR count). The minimum absolute atomic E-state index is 0.358. The van der Waals surface area contributed by atoms with Crippen molar-refractivity contribution in [2.24, 2.45) is 0 Å². The van der Waals surface area contributed by atoms with Crippen molar-refractivity contribution in [1.82, 2.24) is 19.9 Å². The van der Waals surface area contributed by atoms with E-state index in [1.807, 2.05) is 42.6 Å². The number of hydrogen-bond acceptors (Lipinski definition) is 4. The van der Waals surface area contributed by atoms with Crippen LogP contribution in [0, 0.1) is 0 Å².